The van der Waals surface area contributed by atoms with Gasteiger partial charge in [-0.05, 0) is 0 Å². The molecule has 0 saturated heterocycles. The van der Waals surface area contributed by atoms with Crippen molar-refractivity contribution in [3.63, 3.8) is 0 Å². The van der Waals surface area contributed by atoms with Crippen molar-refractivity contribution in [2.45, 2.75) is 6.42 Å². The predicted octanol–water partition coefficient (Wildman–Crippen LogP) is -0.863. The Labute approximate surface area is 46.3 Å². The normalized spacial score (nSPS) is 27.9. The summed E-state index contributed by atoms with van der Waals surface area (Å²) in [5.41, 5.74) is 0. The molecular weight excluding hydrogens is 108 g/mol. The molecule has 1 aliphatic rings. The standard InChI is InChI=1S/C5H6O3/c6-2-3-1-4(7)5(3)8/h3,6H,1-2H2. The molecule has 1 fully saturated rings. The van der Waals surface area contributed by atoms with Crippen LogP contribution in [0.25, 0.3) is 0 Å². The molecule has 3 heteroatoms. The molecule has 0 bridgehead atoms. The van der Waals surface area contributed by atoms with Gasteiger partial charge in [0.25, 0.3) is 0 Å². The van der Waals surface area contributed by atoms with E-state index >= 15 is 0 Å². The molecular formula is C5H6O3. The van der Waals surface area contributed by atoms with Crippen molar-refractivity contribution in [1.82, 2.24) is 0 Å². The second kappa shape index (κ2) is 1.67. The highest BCUT2D eigenvalue weighted by Gasteiger charge is 2.36. The molecule has 0 amide bonds. The monoisotopic (exact) mass is 114 g/mol. The van der Waals surface area contributed by atoms with Gasteiger partial charge < -0.3 is 5.11 Å². The first kappa shape index (κ1) is 5.44. The van der Waals surface area contributed by atoms with Gasteiger partial charge in [-0.2, -0.15) is 0 Å². The lowest BCUT2D eigenvalue weighted by atomic mass is 9.83. The van der Waals surface area contributed by atoms with Crippen molar-refractivity contribution >= 4 is 11.6 Å². The zero-order chi connectivity index (χ0) is 6.15. The molecule has 1 unspecified atom stereocenters. The number of rotatable bonds is 1. The van der Waals surface area contributed by atoms with Crippen molar-refractivity contribution in [3.05, 3.63) is 0 Å². The molecule has 1 N–H and O–H groups in total. The van der Waals surface area contributed by atoms with Crippen LogP contribution in [0.1, 0.15) is 6.42 Å². The fourth-order valence-electron chi connectivity index (χ4n) is 0.661. The summed E-state index contributed by atoms with van der Waals surface area (Å²) in [6, 6.07) is 0. The van der Waals surface area contributed by atoms with Crippen LogP contribution in [0, 0.1) is 5.92 Å². The Kier molecular flexibility index (Phi) is 1.13. The summed E-state index contributed by atoms with van der Waals surface area (Å²) in [6.45, 7) is -0.176. The maximum atomic E-state index is 10.3. The Hall–Kier alpha value is -0.700. The molecule has 1 rings (SSSR count). The van der Waals surface area contributed by atoms with E-state index in [0.717, 1.165) is 0 Å². The largest absolute Gasteiger partial charge is 0.396 e. The molecule has 8 heavy (non-hydrogen) atoms. The van der Waals surface area contributed by atoms with E-state index in [-0.39, 0.29) is 24.7 Å². The lowest BCUT2D eigenvalue weighted by Crippen LogP contribution is -2.39. The van der Waals surface area contributed by atoms with Gasteiger partial charge in [0.15, 0.2) is 5.78 Å². The smallest absolute Gasteiger partial charge is 0.204 e. The third-order valence-electron chi connectivity index (χ3n) is 1.30. The fraction of sp³-hybridized carbons (Fsp3) is 0.600. The summed E-state index contributed by atoms with van der Waals surface area (Å²) in [7, 11) is 0. The number of ketones is 2. The lowest BCUT2D eigenvalue weighted by Gasteiger charge is -2.18. The highest BCUT2D eigenvalue weighted by Crippen LogP contribution is 2.16. The van der Waals surface area contributed by atoms with Gasteiger partial charge in [-0.3, -0.25) is 9.59 Å². The Bertz CT molecular complexity index is 139. The van der Waals surface area contributed by atoms with Gasteiger partial charge >= 0.3 is 0 Å². The molecule has 0 spiro atoms. The number of aliphatic hydroxyl groups excluding tert-OH is 1. The van der Waals surface area contributed by atoms with Crippen molar-refractivity contribution in [3.8, 4) is 0 Å². The SMILES string of the molecule is O=C1CC(CO)C1=O. The average Bonchev–Trinajstić information content (AvgIpc) is 1.81. The molecule has 0 radical (unpaired) electrons. The third kappa shape index (κ3) is 0.554. The molecule has 1 atom stereocenters. The number of carbonyl (C=O) groups excluding carboxylic acids is 2. The van der Waals surface area contributed by atoms with Crippen molar-refractivity contribution in [2.75, 3.05) is 6.61 Å². The minimum Gasteiger partial charge on any atom is -0.396 e. The Morgan fingerprint density at radius 3 is 2.38 bits per heavy atom. The number of hydrogen-bond acceptors (Lipinski definition) is 3. The molecule has 0 aliphatic heterocycles. The predicted molar refractivity (Wildman–Crippen MR) is 25.2 cm³/mol. The molecule has 1 aliphatic carbocycles. The van der Waals surface area contributed by atoms with Crippen molar-refractivity contribution < 1.29 is 14.7 Å². The number of hydrogen-bond donors (Lipinski definition) is 1. The van der Waals surface area contributed by atoms with Gasteiger partial charge in [-0.25, -0.2) is 0 Å². The molecule has 0 heterocycles. The second-order valence-electron chi connectivity index (χ2n) is 1.87. The number of aliphatic hydroxyl groups is 1. The van der Waals surface area contributed by atoms with E-state index in [1.54, 1.807) is 0 Å². The van der Waals surface area contributed by atoms with E-state index < -0.39 is 5.78 Å². The van der Waals surface area contributed by atoms with Crippen LogP contribution >= 0.6 is 0 Å². The maximum Gasteiger partial charge on any atom is 0.204 e. The van der Waals surface area contributed by atoms with E-state index in [1.165, 1.54) is 0 Å². The summed E-state index contributed by atoms with van der Waals surface area (Å²) in [6.07, 6.45) is 0.245. The van der Waals surface area contributed by atoms with Crippen molar-refractivity contribution in [1.29, 1.82) is 0 Å². The lowest BCUT2D eigenvalue weighted by molar-refractivity contribution is -0.148. The summed E-state index contributed by atoms with van der Waals surface area (Å²) in [4.78, 5) is 20.4. The molecule has 0 aromatic carbocycles. The van der Waals surface area contributed by atoms with Crippen molar-refractivity contribution in [2.24, 2.45) is 5.92 Å². The van der Waals surface area contributed by atoms with Crippen LogP contribution in [0.5, 0.6) is 0 Å². The highest BCUT2D eigenvalue weighted by molar-refractivity contribution is 6.44. The maximum absolute atomic E-state index is 10.3. The number of Topliss-reactive ketones (excluding diaryl/α,β-unsaturated/α-hetero) is 2. The zero-order valence-corrected chi connectivity index (χ0v) is 4.26. The topological polar surface area (TPSA) is 54.4 Å². The Morgan fingerprint density at radius 2 is 2.25 bits per heavy atom. The van der Waals surface area contributed by atoms with E-state index in [4.69, 9.17) is 5.11 Å². The summed E-state index contributed by atoms with van der Waals surface area (Å²) in [5.74, 6) is -1.13. The van der Waals surface area contributed by atoms with E-state index in [1.807, 2.05) is 0 Å². The van der Waals surface area contributed by atoms with Crippen LogP contribution in [0.3, 0.4) is 0 Å². The second-order valence-corrected chi connectivity index (χ2v) is 1.87. The van der Waals surface area contributed by atoms with Crippen LogP contribution < -0.4 is 0 Å². The summed E-state index contributed by atoms with van der Waals surface area (Å²) >= 11 is 0. The van der Waals surface area contributed by atoms with Gasteiger partial charge in [-0.15, -0.1) is 0 Å². The molecule has 0 aromatic heterocycles. The van der Waals surface area contributed by atoms with Crippen LogP contribution in [-0.4, -0.2) is 23.3 Å². The Balaban J connectivity index is 2.48. The van der Waals surface area contributed by atoms with Gasteiger partial charge in [-0.1, -0.05) is 0 Å². The summed E-state index contributed by atoms with van der Waals surface area (Å²) < 4.78 is 0. The first-order valence-corrected chi connectivity index (χ1v) is 2.43. The minimum absolute atomic E-state index is 0.176. The molecule has 3 nitrogen and oxygen atoms in total. The first-order valence-electron chi connectivity index (χ1n) is 2.43. The fourth-order valence-corrected chi connectivity index (χ4v) is 0.661. The molecule has 44 valence electrons. The van der Waals surface area contributed by atoms with Crippen LogP contribution in [0.4, 0.5) is 0 Å². The van der Waals surface area contributed by atoms with E-state index in [2.05, 4.69) is 0 Å². The van der Waals surface area contributed by atoms with Gasteiger partial charge in [0.05, 0.1) is 12.5 Å². The third-order valence-corrected chi connectivity index (χ3v) is 1.30. The van der Waals surface area contributed by atoms with E-state index in [9.17, 15) is 9.59 Å². The van der Waals surface area contributed by atoms with Gasteiger partial charge in [0.1, 0.15) is 0 Å². The first-order chi connectivity index (χ1) is 3.75. The summed E-state index contributed by atoms with van der Waals surface area (Å²) in [5, 5.41) is 8.30. The van der Waals surface area contributed by atoms with Crippen LogP contribution in [0.2, 0.25) is 0 Å². The van der Waals surface area contributed by atoms with Gasteiger partial charge in [0.2, 0.25) is 5.78 Å². The molecule has 1 saturated carbocycles. The average molecular weight is 114 g/mol. The quantitative estimate of drug-likeness (QED) is 0.451. The minimum atomic E-state index is -0.410. The Morgan fingerprint density at radius 1 is 1.62 bits per heavy atom. The highest BCUT2D eigenvalue weighted by atomic mass is 16.3. The number of carbonyl (C=O) groups is 2. The van der Waals surface area contributed by atoms with Crippen LogP contribution in [0.15, 0.2) is 0 Å². The van der Waals surface area contributed by atoms with Crippen LogP contribution in [-0.2, 0) is 9.59 Å². The van der Waals surface area contributed by atoms with Gasteiger partial charge in [0, 0.05) is 6.42 Å². The molecule has 0 aromatic rings. The zero-order valence-electron chi connectivity index (χ0n) is 4.26. The van der Waals surface area contributed by atoms with E-state index in [0.29, 0.717) is 0 Å².